The Morgan fingerprint density at radius 3 is 2.72 bits per heavy atom. The van der Waals surface area contributed by atoms with Gasteiger partial charge in [-0.25, -0.2) is 0 Å². The summed E-state index contributed by atoms with van der Waals surface area (Å²) >= 11 is 0. The van der Waals surface area contributed by atoms with Crippen LogP contribution in [0.25, 0.3) is 0 Å². The van der Waals surface area contributed by atoms with Gasteiger partial charge in [0.25, 0.3) is 0 Å². The van der Waals surface area contributed by atoms with Gasteiger partial charge in [0.2, 0.25) is 0 Å². The highest BCUT2D eigenvalue weighted by molar-refractivity contribution is 6.17. The number of fused-ring (bicyclic) bond motifs is 1. The summed E-state index contributed by atoms with van der Waals surface area (Å²) in [5.41, 5.74) is 3.68. The largest absolute Gasteiger partial charge is 0.496 e. The highest BCUT2D eigenvalue weighted by atomic mass is 16.5. The van der Waals surface area contributed by atoms with E-state index in [0.29, 0.717) is 16.9 Å². The Labute approximate surface area is 147 Å². The minimum absolute atomic E-state index is 0.0284. The Morgan fingerprint density at radius 1 is 1.24 bits per heavy atom. The van der Waals surface area contributed by atoms with Crippen molar-refractivity contribution in [1.82, 2.24) is 0 Å². The zero-order valence-corrected chi connectivity index (χ0v) is 14.7. The smallest absolute Gasteiger partial charge is 0.172 e. The van der Waals surface area contributed by atoms with Crippen LogP contribution >= 0.6 is 0 Å². The van der Waals surface area contributed by atoms with E-state index in [2.05, 4.69) is 0 Å². The Kier molecular flexibility index (Phi) is 4.53. The molecule has 0 unspecified atom stereocenters. The van der Waals surface area contributed by atoms with Crippen molar-refractivity contribution in [3.8, 4) is 5.75 Å². The number of aliphatic imine (C=N–C) groups is 1. The number of nitrogens with zero attached hydrogens (tertiary/aromatic N) is 1. The predicted octanol–water partition coefficient (Wildman–Crippen LogP) is 3.90. The average Bonchev–Trinajstić information content (AvgIpc) is 2.60. The van der Waals surface area contributed by atoms with Crippen molar-refractivity contribution in [2.24, 2.45) is 4.99 Å². The van der Waals surface area contributed by atoms with Crippen LogP contribution in [0.1, 0.15) is 52.1 Å². The molecule has 4 heteroatoms. The van der Waals surface area contributed by atoms with Gasteiger partial charge in [0.15, 0.2) is 5.78 Å². The summed E-state index contributed by atoms with van der Waals surface area (Å²) < 4.78 is 5.30. The topological polar surface area (TPSA) is 55.7 Å². The van der Waals surface area contributed by atoms with E-state index >= 15 is 0 Å². The first-order valence-electron chi connectivity index (χ1n) is 8.27. The molecule has 4 nitrogen and oxygen atoms in total. The van der Waals surface area contributed by atoms with E-state index in [1.54, 1.807) is 25.3 Å². The molecule has 0 saturated heterocycles. The fourth-order valence-electron chi connectivity index (χ4n) is 3.30. The molecule has 0 aromatic heterocycles. The molecule has 128 valence electrons. The van der Waals surface area contributed by atoms with Crippen molar-refractivity contribution in [3.63, 3.8) is 0 Å². The van der Waals surface area contributed by atoms with Gasteiger partial charge in [-0.3, -0.25) is 14.6 Å². The first-order chi connectivity index (χ1) is 11.9. The van der Waals surface area contributed by atoms with E-state index in [-0.39, 0.29) is 17.7 Å². The van der Waals surface area contributed by atoms with E-state index in [0.717, 1.165) is 29.5 Å². The first kappa shape index (κ1) is 17.1. The highest BCUT2D eigenvalue weighted by Crippen LogP contribution is 2.30. The number of methoxy groups -OCH3 is 1. The maximum atomic E-state index is 12.8. The molecule has 3 rings (SSSR count). The lowest BCUT2D eigenvalue weighted by atomic mass is 9.84. The van der Waals surface area contributed by atoms with Crippen LogP contribution in [-0.2, 0) is 6.42 Å². The van der Waals surface area contributed by atoms with Crippen LogP contribution in [-0.4, -0.2) is 30.4 Å². The van der Waals surface area contributed by atoms with Crippen molar-refractivity contribution in [2.75, 3.05) is 7.11 Å². The van der Waals surface area contributed by atoms with Crippen LogP contribution < -0.4 is 4.74 Å². The molecule has 0 N–H and O–H groups in total. The van der Waals surface area contributed by atoms with Crippen molar-refractivity contribution in [3.05, 3.63) is 64.7 Å². The van der Waals surface area contributed by atoms with Crippen molar-refractivity contribution in [1.29, 1.82) is 0 Å². The zero-order chi connectivity index (χ0) is 18.0. The molecule has 0 aliphatic carbocycles. The van der Waals surface area contributed by atoms with Gasteiger partial charge in [-0.15, -0.1) is 0 Å². The second-order valence-corrected chi connectivity index (χ2v) is 6.88. The van der Waals surface area contributed by atoms with Crippen LogP contribution in [0.2, 0.25) is 0 Å². The number of benzene rings is 2. The fraction of sp³-hybridized carbons (Fsp3) is 0.286. The molecule has 2 aromatic carbocycles. The third-order valence-electron chi connectivity index (χ3n) is 4.37. The molecule has 1 aliphatic rings. The zero-order valence-electron chi connectivity index (χ0n) is 14.7. The van der Waals surface area contributed by atoms with Gasteiger partial charge in [0.05, 0.1) is 30.3 Å². The van der Waals surface area contributed by atoms with Gasteiger partial charge in [0.1, 0.15) is 12.0 Å². The summed E-state index contributed by atoms with van der Waals surface area (Å²) in [6, 6.07) is 12.8. The lowest BCUT2D eigenvalue weighted by Crippen LogP contribution is -2.30. The molecule has 0 bridgehead atoms. The normalized spacial score (nSPS) is 15.1. The van der Waals surface area contributed by atoms with Crippen LogP contribution in [0.5, 0.6) is 5.75 Å². The summed E-state index contributed by atoms with van der Waals surface area (Å²) in [6.07, 6.45) is 1.80. The van der Waals surface area contributed by atoms with E-state index in [9.17, 15) is 9.59 Å². The van der Waals surface area contributed by atoms with E-state index in [1.165, 1.54) is 0 Å². The van der Waals surface area contributed by atoms with Crippen molar-refractivity contribution in [2.45, 2.75) is 32.2 Å². The SMILES string of the molecule is COc1ccccc1C(=O)CC1=NC(C)(C)Cc2cc(C=O)ccc21. The predicted molar refractivity (Wildman–Crippen MR) is 98.1 cm³/mol. The number of Topliss-reactive ketones (excluding diaryl/α,β-unsaturated/α-hetero) is 1. The molecule has 1 aliphatic heterocycles. The molecule has 2 aromatic rings. The van der Waals surface area contributed by atoms with E-state index < -0.39 is 0 Å². The lowest BCUT2D eigenvalue weighted by Gasteiger charge is -2.29. The Hall–Kier alpha value is -2.75. The summed E-state index contributed by atoms with van der Waals surface area (Å²) in [5.74, 6) is 0.541. The number of carbonyl (C=O) groups is 2. The number of carbonyl (C=O) groups excluding carboxylic acids is 2. The Balaban J connectivity index is 1.97. The minimum Gasteiger partial charge on any atom is -0.496 e. The number of ether oxygens (including phenoxy) is 1. The minimum atomic E-state index is -0.301. The molecule has 0 amide bonds. The number of aldehydes is 1. The van der Waals surface area contributed by atoms with E-state index in [1.807, 2.05) is 38.1 Å². The van der Waals surface area contributed by atoms with Crippen molar-refractivity contribution >= 4 is 17.8 Å². The molecule has 0 radical (unpaired) electrons. The van der Waals surface area contributed by atoms with Gasteiger partial charge in [-0.1, -0.05) is 24.3 Å². The van der Waals surface area contributed by atoms with Gasteiger partial charge in [-0.05, 0) is 49.6 Å². The number of hydrogen-bond acceptors (Lipinski definition) is 4. The van der Waals surface area contributed by atoms with Gasteiger partial charge >= 0.3 is 0 Å². The standard InChI is InChI=1S/C21H21NO3/c1-21(2)12-15-10-14(13-23)8-9-16(15)18(22-21)11-19(24)17-6-4-5-7-20(17)25-3/h4-10,13H,11-12H2,1-3H3. The van der Waals surface area contributed by atoms with E-state index in [4.69, 9.17) is 9.73 Å². The Morgan fingerprint density at radius 2 is 2.00 bits per heavy atom. The van der Waals surface area contributed by atoms with Gasteiger partial charge in [-0.2, -0.15) is 0 Å². The quantitative estimate of drug-likeness (QED) is 0.615. The lowest BCUT2D eigenvalue weighted by molar-refractivity contribution is 0.0997. The summed E-state index contributed by atoms with van der Waals surface area (Å²) in [7, 11) is 1.56. The molecule has 0 spiro atoms. The van der Waals surface area contributed by atoms with Crippen molar-refractivity contribution < 1.29 is 14.3 Å². The molecule has 0 atom stereocenters. The summed E-state index contributed by atoms with van der Waals surface area (Å²) in [5, 5.41) is 0. The van der Waals surface area contributed by atoms with Crippen LogP contribution in [0, 0.1) is 0 Å². The molecular weight excluding hydrogens is 314 g/mol. The summed E-state index contributed by atoms with van der Waals surface area (Å²) in [4.78, 5) is 28.7. The number of ketones is 1. The third-order valence-corrected chi connectivity index (χ3v) is 4.37. The Bertz CT molecular complexity index is 865. The maximum Gasteiger partial charge on any atom is 0.172 e. The monoisotopic (exact) mass is 335 g/mol. The van der Waals surface area contributed by atoms with Crippen LogP contribution in [0.15, 0.2) is 47.5 Å². The fourth-order valence-corrected chi connectivity index (χ4v) is 3.30. The number of hydrogen-bond donors (Lipinski definition) is 0. The molecule has 0 fully saturated rings. The molecule has 1 heterocycles. The number of para-hydroxylation sites is 1. The molecular formula is C21H21NO3. The second-order valence-electron chi connectivity index (χ2n) is 6.88. The van der Waals surface area contributed by atoms with Crippen LogP contribution in [0.4, 0.5) is 0 Å². The average molecular weight is 335 g/mol. The second kappa shape index (κ2) is 6.63. The maximum absolute atomic E-state index is 12.8. The van der Waals surface area contributed by atoms with Gasteiger partial charge in [0, 0.05) is 5.56 Å². The molecule has 25 heavy (non-hydrogen) atoms. The summed E-state index contributed by atoms with van der Waals surface area (Å²) in [6.45, 7) is 4.08. The third kappa shape index (κ3) is 3.53. The highest BCUT2D eigenvalue weighted by Gasteiger charge is 2.28. The van der Waals surface area contributed by atoms with Gasteiger partial charge < -0.3 is 4.74 Å². The number of rotatable bonds is 5. The first-order valence-corrected chi connectivity index (χ1v) is 8.27. The molecule has 0 saturated carbocycles. The van der Waals surface area contributed by atoms with Crippen LogP contribution in [0.3, 0.4) is 0 Å².